The Bertz CT molecular complexity index is 25.1. The van der Waals surface area contributed by atoms with E-state index >= 15 is 0 Å². The summed E-state index contributed by atoms with van der Waals surface area (Å²) >= 11 is 4.91. The Kier molecular flexibility index (Phi) is 1.17. The zero-order valence-electron chi connectivity index (χ0n) is 3.23. The van der Waals surface area contributed by atoms with Crippen LogP contribution in [0.2, 0.25) is 0 Å². The highest BCUT2D eigenvalue weighted by atomic mass is 35.5. The van der Waals surface area contributed by atoms with E-state index in [0.717, 1.165) is 0 Å². The largest absolute Gasteiger partial charge is 0.614 e. The first kappa shape index (κ1) is 5.21. The van der Waals surface area contributed by atoms with Gasteiger partial charge in [0.25, 0.3) is 0 Å². The highest BCUT2D eigenvalue weighted by Crippen LogP contribution is 1.93. The van der Waals surface area contributed by atoms with Crippen molar-refractivity contribution in [3.8, 4) is 0 Å². The zero-order valence-corrected chi connectivity index (χ0v) is 3.99. The molecule has 0 amide bonds. The van der Waals surface area contributed by atoms with Gasteiger partial charge in [-0.2, -0.15) is 0 Å². The van der Waals surface area contributed by atoms with E-state index < -0.39 is 4.17 Å². The minimum Gasteiger partial charge on any atom is -0.614 e. The fourth-order valence-corrected chi connectivity index (χ4v) is 0. The smallest absolute Gasteiger partial charge is 0.165 e. The van der Waals surface area contributed by atoms with Crippen LogP contribution < -0.4 is 0 Å². The molecule has 5 heavy (non-hydrogen) atoms. The molecule has 0 unspecified atom stereocenters. The van der Waals surface area contributed by atoms with E-state index in [2.05, 4.69) is 0 Å². The van der Waals surface area contributed by atoms with Crippen LogP contribution in [0, 0.1) is 5.21 Å². The topological polar surface area (TPSA) is 23.1 Å². The highest BCUT2D eigenvalue weighted by molar-refractivity contribution is 6.06. The lowest BCUT2D eigenvalue weighted by Crippen LogP contribution is -2.16. The number of hydrogen-bond donors (Lipinski definition) is 0. The van der Waals surface area contributed by atoms with Crippen molar-refractivity contribution in [2.24, 2.45) is 0 Å². The van der Waals surface area contributed by atoms with Gasteiger partial charge in [0.2, 0.25) is 0 Å². The molecule has 0 atom stereocenters. The van der Waals surface area contributed by atoms with Gasteiger partial charge in [0, 0.05) is 0 Å². The molecule has 0 aliphatic rings. The van der Waals surface area contributed by atoms with E-state index in [4.69, 9.17) is 11.8 Å². The van der Waals surface area contributed by atoms with Crippen LogP contribution in [0.5, 0.6) is 0 Å². The number of nitrogens with zero attached hydrogens (tertiary/aromatic N) is 1. The van der Waals surface area contributed by atoms with Crippen molar-refractivity contribution in [3.05, 3.63) is 5.21 Å². The Balaban J connectivity index is 3.02. The lowest BCUT2D eigenvalue weighted by atomic mass is 11.2. The fraction of sp³-hybridized carbons (Fsp3) is 1.00. The Labute approximate surface area is 36.2 Å². The first-order chi connectivity index (χ1) is 2.00. The average molecular weight is 95.5 g/mol. The van der Waals surface area contributed by atoms with Gasteiger partial charge in [-0.1, -0.05) is 0 Å². The summed E-state index contributed by atoms with van der Waals surface area (Å²) in [7, 11) is 2.67. The Morgan fingerprint density at radius 3 is 1.60 bits per heavy atom. The first-order valence-corrected chi connectivity index (χ1v) is 1.58. The lowest BCUT2D eigenvalue weighted by Gasteiger charge is -2.19. The summed E-state index contributed by atoms with van der Waals surface area (Å²) in [6.07, 6.45) is 0. The summed E-state index contributed by atoms with van der Waals surface area (Å²) in [5.74, 6) is 0. The van der Waals surface area contributed by atoms with Crippen molar-refractivity contribution < 1.29 is 4.17 Å². The molecular weight excluding hydrogens is 89.5 g/mol. The fourth-order valence-electron chi connectivity index (χ4n) is 0. The first-order valence-electron chi connectivity index (χ1n) is 1.25. The normalized spacial score (nSPS) is 12.0. The van der Waals surface area contributed by atoms with Gasteiger partial charge in [-0.15, -0.1) is 0 Å². The van der Waals surface area contributed by atoms with Gasteiger partial charge in [-0.05, 0) is 0 Å². The van der Waals surface area contributed by atoms with Crippen molar-refractivity contribution in [1.82, 2.24) is 0 Å². The van der Waals surface area contributed by atoms with E-state index in [-0.39, 0.29) is 0 Å². The van der Waals surface area contributed by atoms with E-state index in [1.807, 2.05) is 0 Å². The summed E-state index contributed by atoms with van der Waals surface area (Å²) in [6, 6.07) is 0. The highest BCUT2D eigenvalue weighted by Gasteiger charge is 1.86. The molecule has 32 valence electrons. The SMILES string of the molecule is C[N+](C)([O-])Cl. The minimum absolute atomic E-state index is 0.778. The summed E-state index contributed by atoms with van der Waals surface area (Å²) < 4.78 is -0.778. The van der Waals surface area contributed by atoms with E-state index in [1.54, 1.807) is 0 Å². The van der Waals surface area contributed by atoms with Gasteiger partial charge in [-0.3, -0.25) is 4.17 Å². The van der Waals surface area contributed by atoms with Crippen LogP contribution in [-0.4, -0.2) is 18.3 Å². The maximum absolute atomic E-state index is 9.81. The van der Waals surface area contributed by atoms with Crippen LogP contribution in [0.4, 0.5) is 0 Å². The number of quaternary nitrogens is 1. The van der Waals surface area contributed by atoms with Crippen LogP contribution in [-0.2, 0) is 0 Å². The van der Waals surface area contributed by atoms with Gasteiger partial charge >= 0.3 is 0 Å². The Morgan fingerprint density at radius 1 is 1.60 bits per heavy atom. The Hall–Kier alpha value is 0.210. The third-order valence-electron chi connectivity index (χ3n) is 0. The van der Waals surface area contributed by atoms with Gasteiger partial charge in [0.15, 0.2) is 11.8 Å². The van der Waals surface area contributed by atoms with E-state index in [1.165, 1.54) is 14.1 Å². The predicted molar refractivity (Wildman–Crippen MR) is 21.3 cm³/mol. The van der Waals surface area contributed by atoms with Crippen molar-refractivity contribution >= 4 is 11.8 Å². The molecule has 0 bridgehead atoms. The summed E-state index contributed by atoms with van der Waals surface area (Å²) in [5, 5.41) is 9.81. The van der Waals surface area contributed by atoms with E-state index in [9.17, 15) is 5.21 Å². The lowest BCUT2D eigenvalue weighted by molar-refractivity contribution is -0.713. The van der Waals surface area contributed by atoms with Crippen LogP contribution in [0.3, 0.4) is 0 Å². The molecule has 0 radical (unpaired) electrons. The molecular formula is C2H6ClNO. The van der Waals surface area contributed by atoms with Crippen LogP contribution in [0.25, 0.3) is 0 Å². The average Bonchev–Trinajstić information content (AvgIpc) is 0.722. The van der Waals surface area contributed by atoms with Gasteiger partial charge in [0.1, 0.15) is 0 Å². The molecule has 0 aliphatic carbocycles. The van der Waals surface area contributed by atoms with Crippen LogP contribution in [0.15, 0.2) is 0 Å². The molecule has 0 N–H and O–H groups in total. The molecule has 0 spiro atoms. The van der Waals surface area contributed by atoms with Gasteiger partial charge in [-0.25, -0.2) is 0 Å². The molecule has 0 aliphatic heterocycles. The van der Waals surface area contributed by atoms with Crippen molar-refractivity contribution in [2.45, 2.75) is 0 Å². The number of hydroxylamine groups is 2. The zero-order chi connectivity index (χ0) is 4.50. The number of halogens is 1. The molecule has 0 heterocycles. The predicted octanol–water partition coefficient (Wildman–Crippen LogP) is 0.714. The van der Waals surface area contributed by atoms with Gasteiger partial charge < -0.3 is 5.21 Å². The number of hydrogen-bond acceptors (Lipinski definition) is 1. The van der Waals surface area contributed by atoms with Crippen molar-refractivity contribution in [3.63, 3.8) is 0 Å². The monoisotopic (exact) mass is 95.0 g/mol. The third-order valence-corrected chi connectivity index (χ3v) is 0. The molecule has 0 aromatic rings. The maximum Gasteiger partial charge on any atom is 0.165 e. The summed E-state index contributed by atoms with van der Waals surface area (Å²) in [4.78, 5) is 0. The molecule has 0 aromatic heterocycles. The second kappa shape index (κ2) is 1.12. The Morgan fingerprint density at radius 2 is 1.60 bits per heavy atom. The molecule has 0 saturated heterocycles. The van der Waals surface area contributed by atoms with Crippen molar-refractivity contribution in [2.75, 3.05) is 14.1 Å². The summed E-state index contributed by atoms with van der Waals surface area (Å²) in [6.45, 7) is 0. The quantitative estimate of drug-likeness (QED) is 0.321. The van der Waals surface area contributed by atoms with Crippen LogP contribution in [0.1, 0.15) is 0 Å². The maximum atomic E-state index is 9.81. The third kappa shape index (κ3) is 466. The minimum atomic E-state index is -0.778. The van der Waals surface area contributed by atoms with Gasteiger partial charge in [0.05, 0.1) is 14.1 Å². The summed E-state index contributed by atoms with van der Waals surface area (Å²) in [5.41, 5.74) is 0. The molecule has 0 rings (SSSR count). The molecule has 2 nitrogen and oxygen atoms in total. The van der Waals surface area contributed by atoms with E-state index in [0.29, 0.717) is 0 Å². The second-order valence-corrected chi connectivity index (χ2v) is 2.03. The molecule has 0 fully saturated rings. The number of rotatable bonds is 0. The second-order valence-electron chi connectivity index (χ2n) is 1.22. The molecule has 3 heteroatoms. The molecule has 0 saturated carbocycles. The van der Waals surface area contributed by atoms with Crippen molar-refractivity contribution in [1.29, 1.82) is 0 Å². The molecule has 0 aromatic carbocycles. The standard InChI is InChI=1S/C2H6ClNO/c1-4(2,3)5/h1-2H3. The van der Waals surface area contributed by atoms with Crippen LogP contribution >= 0.6 is 11.8 Å².